The molecule has 0 saturated carbocycles. The molecule has 1 atom stereocenters. The molecule has 3 nitrogen and oxygen atoms in total. The fourth-order valence-corrected chi connectivity index (χ4v) is 2.77. The Balaban J connectivity index is 2.57. The van der Waals surface area contributed by atoms with E-state index in [4.69, 9.17) is 0 Å². The molecule has 0 aliphatic rings. The summed E-state index contributed by atoms with van der Waals surface area (Å²) in [6.07, 6.45) is 1.85. The Morgan fingerprint density at radius 1 is 1.24 bits per heavy atom. The first kappa shape index (κ1) is 17.5. The first-order valence-corrected chi connectivity index (χ1v) is 7.74. The van der Waals surface area contributed by atoms with Crippen LogP contribution in [0.4, 0.5) is 5.69 Å². The maximum atomic E-state index is 9.36. The number of nitrogens with zero attached hydrogens (tertiary/aromatic N) is 2. The number of aryl methyl sites for hydroxylation is 2. The second-order valence-electron chi connectivity index (χ2n) is 6.61. The van der Waals surface area contributed by atoms with Gasteiger partial charge in [-0.05, 0) is 70.7 Å². The van der Waals surface area contributed by atoms with Gasteiger partial charge in [-0.15, -0.1) is 0 Å². The van der Waals surface area contributed by atoms with Gasteiger partial charge in [-0.3, -0.25) is 5.32 Å². The Kier molecular flexibility index (Phi) is 6.23. The molecule has 1 unspecified atom stereocenters. The van der Waals surface area contributed by atoms with Crippen LogP contribution in [0.5, 0.6) is 0 Å². The van der Waals surface area contributed by atoms with Gasteiger partial charge in [-0.1, -0.05) is 6.07 Å². The number of rotatable bonds is 7. The fraction of sp³-hybridized carbons (Fsp3) is 0.611. The third kappa shape index (κ3) is 5.77. The topological polar surface area (TPSA) is 39.1 Å². The zero-order valence-electron chi connectivity index (χ0n) is 14.3. The first-order valence-electron chi connectivity index (χ1n) is 7.74. The van der Waals surface area contributed by atoms with E-state index in [-0.39, 0.29) is 0 Å². The summed E-state index contributed by atoms with van der Waals surface area (Å²) in [6.45, 7) is 11.4. The third-order valence-electron chi connectivity index (χ3n) is 3.67. The van der Waals surface area contributed by atoms with Crippen molar-refractivity contribution in [3.8, 4) is 6.07 Å². The van der Waals surface area contributed by atoms with Crippen LogP contribution < -0.4 is 10.2 Å². The van der Waals surface area contributed by atoms with Crippen molar-refractivity contribution in [2.45, 2.75) is 59.0 Å². The Bertz CT molecular complexity index is 481. The van der Waals surface area contributed by atoms with Crippen LogP contribution >= 0.6 is 0 Å². The lowest BCUT2D eigenvalue weighted by Crippen LogP contribution is -2.45. The van der Waals surface area contributed by atoms with Crippen molar-refractivity contribution < 1.29 is 0 Å². The smallest absolute Gasteiger partial charge is 0.104 e. The van der Waals surface area contributed by atoms with E-state index in [1.54, 1.807) is 0 Å². The minimum atomic E-state index is -0.433. The van der Waals surface area contributed by atoms with Gasteiger partial charge in [0.2, 0.25) is 0 Å². The highest BCUT2D eigenvalue weighted by molar-refractivity contribution is 5.50. The van der Waals surface area contributed by atoms with Crippen molar-refractivity contribution in [2.75, 3.05) is 18.5 Å². The normalized spacial score (nSPS) is 13.8. The zero-order valence-corrected chi connectivity index (χ0v) is 14.3. The van der Waals surface area contributed by atoms with Crippen LogP contribution in [0.3, 0.4) is 0 Å². The summed E-state index contributed by atoms with van der Waals surface area (Å²) in [5.41, 5.74) is 3.40. The molecule has 1 aromatic carbocycles. The number of nitrogens with one attached hydrogen (secondary N) is 1. The zero-order chi connectivity index (χ0) is 16.0. The molecule has 0 amide bonds. The molecule has 0 aliphatic carbocycles. The quantitative estimate of drug-likeness (QED) is 0.829. The molecule has 3 heteroatoms. The lowest BCUT2D eigenvalue weighted by molar-refractivity contribution is 0.375. The summed E-state index contributed by atoms with van der Waals surface area (Å²) in [6, 6.07) is 9.35. The third-order valence-corrected chi connectivity index (χ3v) is 3.67. The molecule has 21 heavy (non-hydrogen) atoms. The summed E-state index contributed by atoms with van der Waals surface area (Å²) in [4.78, 5) is 2.27. The Morgan fingerprint density at radius 2 is 1.81 bits per heavy atom. The maximum Gasteiger partial charge on any atom is 0.104 e. The molecule has 0 aliphatic heterocycles. The Hall–Kier alpha value is -1.53. The van der Waals surface area contributed by atoms with Crippen LogP contribution in [-0.4, -0.2) is 25.2 Å². The highest BCUT2D eigenvalue weighted by Crippen LogP contribution is 2.19. The van der Waals surface area contributed by atoms with E-state index < -0.39 is 5.54 Å². The largest absolute Gasteiger partial charge is 0.375 e. The summed E-state index contributed by atoms with van der Waals surface area (Å²) >= 11 is 0. The average molecular weight is 287 g/mol. The monoisotopic (exact) mass is 287 g/mol. The van der Waals surface area contributed by atoms with Crippen LogP contribution in [0.15, 0.2) is 18.2 Å². The van der Waals surface area contributed by atoms with Crippen LogP contribution in [-0.2, 0) is 0 Å². The molecule has 1 aromatic rings. The second-order valence-corrected chi connectivity index (χ2v) is 6.61. The average Bonchev–Trinajstić information content (AvgIpc) is 2.36. The molecular weight excluding hydrogens is 258 g/mol. The van der Waals surface area contributed by atoms with Gasteiger partial charge in [0.1, 0.15) is 5.54 Å². The standard InChI is InChI=1S/C18H29N3/c1-14(2)20-18(5,13-19)8-7-9-21(6)17-11-15(3)10-16(4)12-17/h10-12,14,20H,7-9H2,1-6H3. The van der Waals surface area contributed by atoms with Crippen LogP contribution in [0.2, 0.25) is 0 Å². The van der Waals surface area contributed by atoms with Gasteiger partial charge in [0.25, 0.3) is 0 Å². The van der Waals surface area contributed by atoms with Gasteiger partial charge < -0.3 is 4.90 Å². The SMILES string of the molecule is Cc1cc(C)cc(N(C)CCCC(C)(C#N)NC(C)C)c1. The van der Waals surface area contributed by atoms with E-state index in [0.717, 1.165) is 19.4 Å². The van der Waals surface area contributed by atoms with Crippen LogP contribution in [0, 0.1) is 25.2 Å². The van der Waals surface area contributed by atoms with Crippen molar-refractivity contribution >= 4 is 5.69 Å². The summed E-state index contributed by atoms with van der Waals surface area (Å²) < 4.78 is 0. The molecule has 0 bridgehead atoms. The first-order chi connectivity index (χ1) is 9.75. The number of benzene rings is 1. The summed E-state index contributed by atoms with van der Waals surface area (Å²) in [7, 11) is 2.12. The van der Waals surface area contributed by atoms with E-state index in [0.29, 0.717) is 6.04 Å². The molecule has 0 aromatic heterocycles. The molecule has 1 rings (SSSR count). The highest BCUT2D eigenvalue weighted by atomic mass is 15.1. The molecule has 116 valence electrons. The molecular formula is C18H29N3. The number of nitriles is 1. The van der Waals surface area contributed by atoms with Crippen molar-refractivity contribution in [3.63, 3.8) is 0 Å². The van der Waals surface area contributed by atoms with Crippen molar-refractivity contribution in [2.24, 2.45) is 0 Å². The number of anilines is 1. The van der Waals surface area contributed by atoms with E-state index in [1.807, 2.05) is 6.92 Å². The Morgan fingerprint density at radius 3 is 2.29 bits per heavy atom. The lowest BCUT2D eigenvalue weighted by Gasteiger charge is -2.27. The van der Waals surface area contributed by atoms with E-state index >= 15 is 0 Å². The van der Waals surface area contributed by atoms with E-state index in [2.05, 4.69) is 69.2 Å². The van der Waals surface area contributed by atoms with Gasteiger partial charge in [0.05, 0.1) is 6.07 Å². The number of hydrogen-bond donors (Lipinski definition) is 1. The molecule has 0 spiro atoms. The minimum absolute atomic E-state index is 0.326. The molecule has 0 fully saturated rings. The van der Waals surface area contributed by atoms with Gasteiger partial charge in [0, 0.05) is 25.3 Å². The van der Waals surface area contributed by atoms with Gasteiger partial charge in [-0.25, -0.2) is 0 Å². The minimum Gasteiger partial charge on any atom is -0.375 e. The second kappa shape index (κ2) is 7.47. The molecule has 0 radical (unpaired) electrons. The van der Waals surface area contributed by atoms with Crippen LogP contribution in [0.1, 0.15) is 44.7 Å². The summed E-state index contributed by atoms with van der Waals surface area (Å²) in [5, 5.41) is 12.7. The molecule has 1 N–H and O–H groups in total. The van der Waals surface area contributed by atoms with Gasteiger partial charge >= 0.3 is 0 Å². The molecule has 0 heterocycles. The van der Waals surface area contributed by atoms with Crippen molar-refractivity contribution in [3.05, 3.63) is 29.3 Å². The highest BCUT2D eigenvalue weighted by Gasteiger charge is 2.23. The fourth-order valence-electron chi connectivity index (χ4n) is 2.77. The Labute approximate surface area is 130 Å². The van der Waals surface area contributed by atoms with E-state index in [9.17, 15) is 5.26 Å². The predicted molar refractivity (Wildman–Crippen MR) is 90.7 cm³/mol. The summed E-state index contributed by atoms with van der Waals surface area (Å²) in [5.74, 6) is 0. The molecule has 0 saturated heterocycles. The number of hydrogen-bond acceptors (Lipinski definition) is 3. The van der Waals surface area contributed by atoms with Gasteiger partial charge in [-0.2, -0.15) is 5.26 Å². The maximum absolute atomic E-state index is 9.36. The van der Waals surface area contributed by atoms with E-state index in [1.165, 1.54) is 16.8 Å². The van der Waals surface area contributed by atoms with Crippen molar-refractivity contribution in [1.29, 1.82) is 5.26 Å². The predicted octanol–water partition coefficient (Wildman–Crippen LogP) is 3.80. The van der Waals surface area contributed by atoms with Gasteiger partial charge in [0.15, 0.2) is 0 Å². The lowest BCUT2D eigenvalue weighted by atomic mass is 9.96. The van der Waals surface area contributed by atoms with Crippen LogP contribution in [0.25, 0.3) is 0 Å². The van der Waals surface area contributed by atoms with Crippen molar-refractivity contribution in [1.82, 2.24) is 5.32 Å².